The molecule has 0 spiro atoms. The number of carbonyl (C=O) groups is 1. The van der Waals surface area contributed by atoms with Gasteiger partial charge in [0.15, 0.2) is 4.80 Å². The summed E-state index contributed by atoms with van der Waals surface area (Å²) in [6.45, 7) is 4.15. The molecule has 6 nitrogen and oxygen atoms in total. The summed E-state index contributed by atoms with van der Waals surface area (Å²) in [7, 11) is 0. The molecule has 4 aromatic carbocycles. The number of benzene rings is 4. The van der Waals surface area contributed by atoms with Gasteiger partial charge in [0, 0.05) is 16.3 Å². The second-order valence-electron chi connectivity index (χ2n) is 10.3. The number of para-hydroxylation sites is 2. The van der Waals surface area contributed by atoms with Gasteiger partial charge in [-0.3, -0.25) is 14.2 Å². The lowest BCUT2D eigenvalue weighted by molar-refractivity contribution is -0.113. The minimum Gasteiger partial charge on any atom is -0.488 e. The van der Waals surface area contributed by atoms with Crippen molar-refractivity contribution in [3.05, 3.63) is 161 Å². The molecule has 0 unspecified atom stereocenters. The molecule has 1 N–H and O–H groups in total. The number of anilines is 1. The minimum atomic E-state index is -0.642. The van der Waals surface area contributed by atoms with Crippen LogP contribution in [0.2, 0.25) is 5.02 Å². The fraction of sp³-hybridized carbons (Fsp3) is 0.114. The number of nitrogens with zero attached hydrogens (tertiary/aromatic N) is 2. The molecule has 1 atom stereocenters. The number of thiazole rings is 1. The highest BCUT2D eigenvalue weighted by Gasteiger charge is 2.32. The molecule has 0 radical (unpaired) electrons. The summed E-state index contributed by atoms with van der Waals surface area (Å²) in [6, 6.07) is 31.6. The summed E-state index contributed by atoms with van der Waals surface area (Å²) in [5.74, 6) is 0.342. The predicted molar refractivity (Wildman–Crippen MR) is 172 cm³/mol. The Labute approximate surface area is 257 Å². The Morgan fingerprint density at radius 3 is 2.49 bits per heavy atom. The number of aryl methyl sites for hydroxylation is 1. The number of carbonyl (C=O) groups excluding carboxylic acids is 1. The van der Waals surface area contributed by atoms with Crippen LogP contribution < -0.4 is 24.9 Å². The smallest absolute Gasteiger partial charge is 0.271 e. The van der Waals surface area contributed by atoms with E-state index in [9.17, 15) is 9.59 Å². The average Bonchev–Trinajstić information content (AvgIpc) is 3.30. The van der Waals surface area contributed by atoms with Crippen LogP contribution >= 0.6 is 22.9 Å². The number of rotatable bonds is 7. The van der Waals surface area contributed by atoms with E-state index in [-0.39, 0.29) is 11.5 Å². The lowest BCUT2D eigenvalue weighted by Crippen LogP contribution is -2.40. The summed E-state index contributed by atoms with van der Waals surface area (Å²) in [6.07, 6.45) is 1.83. The van der Waals surface area contributed by atoms with Gasteiger partial charge >= 0.3 is 0 Å². The van der Waals surface area contributed by atoms with Crippen LogP contribution in [0.4, 0.5) is 5.69 Å². The lowest BCUT2D eigenvalue weighted by Gasteiger charge is -2.25. The van der Waals surface area contributed by atoms with Crippen molar-refractivity contribution < 1.29 is 9.53 Å². The zero-order valence-electron chi connectivity index (χ0n) is 23.6. The third-order valence-electron chi connectivity index (χ3n) is 7.18. The Bertz CT molecular complexity index is 2030. The van der Waals surface area contributed by atoms with Crippen molar-refractivity contribution in [1.29, 1.82) is 0 Å². The molecule has 6 rings (SSSR count). The molecule has 1 amide bonds. The summed E-state index contributed by atoms with van der Waals surface area (Å²) in [5.41, 5.74) is 5.06. The number of halogens is 1. The molecule has 0 saturated carbocycles. The van der Waals surface area contributed by atoms with E-state index in [0.717, 1.165) is 22.3 Å². The molecule has 0 saturated heterocycles. The van der Waals surface area contributed by atoms with E-state index >= 15 is 0 Å². The monoisotopic (exact) mass is 605 g/mol. The number of allylic oxidation sites excluding steroid dienone is 1. The third-order valence-corrected chi connectivity index (χ3v) is 8.40. The zero-order valence-corrected chi connectivity index (χ0v) is 25.2. The van der Waals surface area contributed by atoms with E-state index < -0.39 is 6.04 Å². The van der Waals surface area contributed by atoms with E-state index in [1.165, 1.54) is 11.3 Å². The Morgan fingerprint density at radius 2 is 1.72 bits per heavy atom. The van der Waals surface area contributed by atoms with Crippen molar-refractivity contribution in [1.82, 2.24) is 4.57 Å². The van der Waals surface area contributed by atoms with Crippen LogP contribution in [0.5, 0.6) is 5.75 Å². The first-order chi connectivity index (χ1) is 20.9. The first-order valence-corrected chi connectivity index (χ1v) is 15.0. The number of hydrogen-bond acceptors (Lipinski definition) is 5. The molecular formula is C35H28ClN3O3S. The highest BCUT2D eigenvalue weighted by molar-refractivity contribution is 7.07. The van der Waals surface area contributed by atoms with Gasteiger partial charge in [0.1, 0.15) is 12.4 Å². The number of amides is 1. The summed E-state index contributed by atoms with van der Waals surface area (Å²) in [5, 5.41) is 3.63. The second kappa shape index (κ2) is 12.3. The van der Waals surface area contributed by atoms with Crippen molar-refractivity contribution in [3.8, 4) is 5.75 Å². The van der Waals surface area contributed by atoms with E-state index in [1.807, 2.05) is 123 Å². The van der Waals surface area contributed by atoms with E-state index in [2.05, 4.69) is 5.32 Å². The van der Waals surface area contributed by atoms with Crippen LogP contribution in [0.15, 0.2) is 124 Å². The molecule has 214 valence electrons. The second-order valence-corrected chi connectivity index (χ2v) is 11.7. The molecular weight excluding hydrogens is 578 g/mol. The molecule has 43 heavy (non-hydrogen) atoms. The van der Waals surface area contributed by atoms with Crippen LogP contribution in [-0.4, -0.2) is 10.5 Å². The largest absolute Gasteiger partial charge is 0.488 e. The highest BCUT2D eigenvalue weighted by atomic mass is 35.5. The number of fused-ring (bicyclic) bond motifs is 1. The summed E-state index contributed by atoms with van der Waals surface area (Å²) in [4.78, 5) is 33.1. The first kappa shape index (κ1) is 28.4. The van der Waals surface area contributed by atoms with Gasteiger partial charge in [-0.1, -0.05) is 101 Å². The number of hydrogen-bond donors (Lipinski definition) is 1. The van der Waals surface area contributed by atoms with Crippen LogP contribution in [0.1, 0.15) is 35.2 Å². The van der Waals surface area contributed by atoms with Gasteiger partial charge < -0.3 is 10.1 Å². The van der Waals surface area contributed by atoms with Crippen LogP contribution in [0, 0.1) is 6.92 Å². The van der Waals surface area contributed by atoms with Crippen molar-refractivity contribution >= 4 is 40.6 Å². The van der Waals surface area contributed by atoms with Gasteiger partial charge in [-0.15, -0.1) is 0 Å². The standard InChI is InChI=1S/C35H28ClN3O3S/c1-22-15-17-25(18-16-22)32-31(33(40)38-28-12-4-3-5-13-28)23(2)37-35-39(32)34(41)30(43-35)20-26-10-6-7-14-29(26)42-21-24-9-8-11-27(36)19-24/h3-20,32H,21H2,1-2H3,(H,38,40)/b30-20-/t32-/m0/s1. The van der Waals surface area contributed by atoms with Gasteiger partial charge in [-0.25, -0.2) is 4.99 Å². The molecule has 1 aliphatic rings. The third kappa shape index (κ3) is 6.09. The van der Waals surface area contributed by atoms with E-state index in [4.69, 9.17) is 21.3 Å². The summed E-state index contributed by atoms with van der Waals surface area (Å²) >= 11 is 7.44. The Balaban J connectivity index is 1.42. The Hall–Kier alpha value is -4.72. The molecule has 1 aliphatic heterocycles. The van der Waals surface area contributed by atoms with Gasteiger partial charge in [0.05, 0.1) is 21.8 Å². The zero-order chi connectivity index (χ0) is 29.9. The molecule has 0 aliphatic carbocycles. The Kier molecular flexibility index (Phi) is 8.09. The topological polar surface area (TPSA) is 72.7 Å². The quantitative estimate of drug-likeness (QED) is 0.233. The van der Waals surface area contributed by atoms with Crippen LogP contribution in [0.25, 0.3) is 6.08 Å². The van der Waals surface area contributed by atoms with Gasteiger partial charge in [-0.05, 0) is 61.4 Å². The normalized spacial score (nSPS) is 14.7. The highest BCUT2D eigenvalue weighted by Crippen LogP contribution is 2.31. The number of ether oxygens (including phenoxy) is 1. The van der Waals surface area contributed by atoms with E-state index in [1.54, 1.807) is 4.57 Å². The van der Waals surface area contributed by atoms with Crippen molar-refractivity contribution in [2.45, 2.75) is 26.5 Å². The Morgan fingerprint density at radius 1 is 0.977 bits per heavy atom. The van der Waals surface area contributed by atoms with Gasteiger partial charge in [-0.2, -0.15) is 0 Å². The van der Waals surface area contributed by atoms with Crippen LogP contribution in [0.3, 0.4) is 0 Å². The maximum atomic E-state index is 14.1. The predicted octanol–water partition coefficient (Wildman–Crippen LogP) is 6.41. The van der Waals surface area contributed by atoms with Crippen molar-refractivity contribution in [3.63, 3.8) is 0 Å². The van der Waals surface area contributed by atoms with Crippen molar-refractivity contribution in [2.75, 3.05) is 5.32 Å². The maximum Gasteiger partial charge on any atom is 0.271 e. The molecule has 0 bridgehead atoms. The molecule has 2 heterocycles. The molecule has 5 aromatic rings. The maximum absolute atomic E-state index is 14.1. The van der Waals surface area contributed by atoms with Gasteiger partial charge in [0.25, 0.3) is 11.5 Å². The first-order valence-electron chi connectivity index (χ1n) is 13.8. The van der Waals surface area contributed by atoms with Crippen molar-refractivity contribution in [2.24, 2.45) is 4.99 Å². The van der Waals surface area contributed by atoms with Crippen LogP contribution in [-0.2, 0) is 11.4 Å². The van der Waals surface area contributed by atoms with Gasteiger partial charge in [0.2, 0.25) is 0 Å². The summed E-state index contributed by atoms with van der Waals surface area (Å²) < 4.78 is 8.26. The molecule has 8 heteroatoms. The SMILES string of the molecule is CC1=C(C(=O)Nc2ccccc2)[C@H](c2ccc(C)cc2)n2c(s/c(=C\c3ccccc3OCc3cccc(Cl)c3)c2=O)=N1. The number of nitrogens with one attached hydrogen (secondary N) is 1. The minimum absolute atomic E-state index is 0.225. The lowest BCUT2D eigenvalue weighted by atomic mass is 9.94. The fourth-order valence-corrected chi connectivity index (χ4v) is 6.31. The van der Waals surface area contributed by atoms with E-state index in [0.29, 0.717) is 43.7 Å². The fourth-order valence-electron chi connectivity index (χ4n) is 5.06. The number of aromatic nitrogens is 1. The average molecular weight is 606 g/mol. The molecule has 0 fully saturated rings. The molecule has 1 aromatic heterocycles.